The van der Waals surface area contributed by atoms with Gasteiger partial charge in [0, 0.05) is 16.7 Å². The average molecular weight is 411 g/mol. The van der Waals surface area contributed by atoms with E-state index in [4.69, 9.17) is 25.8 Å². The highest BCUT2D eigenvalue weighted by Gasteiger charge is 2.33. The SMILES string of the molecule is CCOC(=O)/C(F)=C(/CC)c1cc2c(c(Cl)c1OC)OC(C)(C)C=C2C(C)C. The molecule has 1 aromatic rings. The third kappa shape index (κ3) is 4.19. The fraction of sp³-hybridized carbons (Fsp3) is 0.500. The van der Waals surface area contributed by atoms with Gasteiger partial charge in [-0.05, 0) is 50.8 Å². The molecule has 0 saturated heterocycles. The minimum Gasteiger partial charge on any atom is -0.494 e. The van der Waals surface area contributed by atoms with Crippen LogP contribution in [0.5, 0.6) is 11.5 Å². The Kier molecular flexibility index (Phi) is 6.81. The normalized spacial score (nSPS) is 16.0. The quantitative estimate of drug-likeness (QED) is 0.413. The Morgan fingerprint density at radius 3 is 2.46 bits per heavy atom. The molecule has 0 unspecified atom stereocenters. The van der Waals surface area contributed by atoms with Gasteiger partial charge in [0.15, 0.2) is 5.75 Å². The zero-order valence-corrected chi connectivity index (χ0v) is 18.3. The van der Waals surface area contributed by atoms with Crippen LogP contribution in [0.4, 0.5) is 4.39 Å². The van der Waals surface area contributed by atoms with E-state index in [1.165, 1.54) is 7.11 Å². The summed E-state index contributed by atoms with van der Waals surface area (Å²) < 4.78 is 31.3. The Bertz CT molecular complexity index is 837. The molecule has 1 aliphatic rings. The Hall–Kier alpha value is -2.01. The maximum atomic E-state index is 14.9. The van der Waals surface area contributed by atoms with Crippen molar-refractivity contribution in [2.24, 2.45) is 5.92 Å². The standard InChI is InChI=1S/C22H28ClFO4/c1-8-13(18(24)21(25)27-9-2)14-10-15-16(12(3)4)11-22(5,6)28-20(15)17(23)19(14)26-7/h10-12H,8-9H2,1-7H3/b18-13+. The van der Waals surface area contributed by atoms with Crippen LogP contribution in [0.1, 0.15) is 59.1 Å². The number of halogens is 2. The van der Waals surface area contributed by atoms with E-state index in [-0.39, 0.29) is 35.3 Å². The van der Waals surface area contributed by atoms with Crippen molar-refractivity contribution in [3.63, 3.8) is 0 Å². The topological polar surface area (TPSA) is 44.8 Å². The first-order chi connectivity index (χ1) is 13.1. The molecule has 28 heavy (non-hydrogen) atoms. The molecular formula is C22H28ClFO4. The van der Waals surface area contributed by atoms with Crippen LogP contribution < -0.4 is 9.47 Å². The molecule has 0 N–H and O–H groups in total. The lowest BCUT2D eigenvalue weighted by Crippen LogP contribution is -2.30. The number of carbonyl (C=O) groups is 1. The van der Waals surface area contributed by atoms with E-state index < -0.39 is 17.4 Å². The lowest BCUT2D eigenvalue weighted by molar-refractivity contribution is -0.140. The molecular weight excluding hydrogens is 383 g/mol. The maximum absolute atomic E-state index is 14.9. The third-order valence-electron chi connectivity index (χ3n) is 4.58. The number of methoxy groups -OCH3 is 1. The summed E-state index contributed by atoms with van der Waals surface area (Å²) in [6, 6.07) is 1.79. The van der Waals surface area contributed by atoms with Crippen molar-refractivity contribution in [1.29, 1.82) is 0 Å². The van der Waals surface area contributed by atoms with E-state index in [0.29, 0.717) is 11.3 Å². The van der Waals surface area contributed by atoms with E-state index in [9.17, 15) is 9.18 Å². The van der Waals surface area contributed by atoms with Crippen molar-refractivity contribution < 1.29 is 23.4 Å². The van der Waals surface area contributed by atoms with Crippen molar-refractivity contribution >= 4 is 28.7 Å². The predicted octanol–water partition coefficient (Wildman–Crippen LogP) is 6.21. The molecule has 4 nitrogen and oxygen atoms in total. The molecule has 0 atom stereocenters. The molecule has 0 aromatic heterocycles. The zero-order chi connectivity index (χ0) is 21.2. The van der Waals surface area contributed by atoms with E-state index in [1.54, 1.807) is 19.9 Å². The van der Waals surface area contributed by atoms with Crippen LogP contribution in [0.2, 0.25) is 5.02 Å². The third-order valence-corrected chi connectivity index (χ3v) is 4.92. The molecule has 0 radical (unpaired) electrons. The first-order valence-corrected chi connectivity index (χ1v) is 9.84. The summed E-state index contributed by atoms with van der Waals surface area (Å²) in [4.78, 5) is 12.0. The van der Waals surface area contributed by atoms with E-state index in [0.717, 1.165) is 11.1 Å². The Labute approximate surface area is 171 Å². The summed E-state index contributed by atoms with van der Waals surface area (Å²) in [6.45, 7) is 11.5. The van der Waals surface area contributed by atoms with Crippen LogP contribution in [0.15, 0.2) is 18.0 Å². The lowest BCUT2D eigenvalue weighted by Gasteiger charge is -2.34. The molecule has 1 aromatic carbocycles. The van der Waals surface area contributed by atoms with Gasteiger partial charge in [-0.2, -0.15) is 4.39 Å². The molecule has 1 heterocycles. The highest BCUT2D eigenvalue weighted by molar-refractivity contribution is 6.34. The number of ether oxygens (including phenoxy) is 3. The zero-order valence-electron chi connectivity index (χ0n) is 17.5. The van der Waals surface area contributed by atoms with Gasteiger partial charge in [-0.15, -0.1) is 0 Å². The van der Waals surface area contributed by atoms with Gasteiger partial charge in [-0.3, -0.25) is 0 Å². The van der Waals surface area contributed by atoms with Gasteiger partial charge in [0.25, 0.3) is 0 Å². The van der Waals surface area contributed by atoms with Gasteiger partial charge in [-0.25, -0.2) is 4.79 Å². The Balaban J connectivity index is 2.81. The molecule has 2 rings (SSSR count). The van der Waals surface area contributed by atoms with Gasteiger partial charge in [-0.1, -0.05) is 32.4 Å². The summed E-state index contributed by atoms with van der Waals surface area (Å²) in [7, 11) is 1.46. The number of esters is 1. The first kappa shape index (κ1) is 22.3. The number of hydrogen-bond acceptors (Lipinski definition) is 4. The molecule has 0 bridgehead atoms. The molecule has 6 heteroatoms. The second kappa shape index (κ2) is 8.56. The van der Waals surface area contributed by atoms with E-state index >= 15 is 0 Å². The number of allylic oxidation sites excluding steroid dienone is 2. The summed E-state index contributed by atoms with van der Waals surface area (Å²) in [5.74, 6) is -0.954. The highest BCUT2D eigenvalue weighted by atomic mass is 35.5. The second-order valence-corrected chi connectivity index (χ2v) is 7.85. The highest BCUT2D eigenvalue weighted by Crippen LogP contribution is 2.50. The fourth-order valence-corrected chi connectivity index (χ4v) is 3.68. The summed E-state index contributed by atoms with van der Waals surface area (Å²) >= 11 is 6.64. The van der Waals surface area contributed by atoms with Crippen molar-refractivity contribution in [2.45, 2.75) is 53.6 Å². The average Bonchev–Trinajstić information content (AvgIpc) is 2.62. The van der Waals surface area contributed by atoms with E-state index in [2.05, 4.69) is 13.8 Å². The minimum absolute atomic E-state index is 0.0918. The van der Waals surface area contributed by atoms with Gasteiger partial charge in [0.2, 0.25) is 5.83 Å². The molecule has 0 spiro atoms. The maximum Gasteiger partial charge on any atom is 0.367 e. The van der Waals surface area contributed by atoms with Crippen molar-refractivity contribution in [3.8, 4) is 11.5 Å². The van der Waals surface area contributed by atoms with Crippen LogP contribution in [0.3, 0.4) is 0 Å². The molecule has 154 valence electrons. The van der Waals surface area contributed by atoms with Crippen LogP contribution >= 0.6 is 11.6 Å². The van der Waals surface area contributed by atoms with Crippen molar-refractivity contribution in [2.75, 3.05) is 13.7 Å². The van der Waals surface area contributed by atoms with Crippen molar-refractivity contribution in [3.05, 3.63) is 34.1 Å². The monoisotopic (exact) mass is 410 g/mol. The number of rotatable bonds is 6. The summed E-state index contributed by atoms with van der Waals surface area (Å²) in [5, 5.41) is 0.261. The smallest absolute Gasteiger partial charge is 0.367 e. The molecule has 0 saturated carbocycles. The van der Waals surface area contributed by atoms with Gasteiger partial charge >= 0.3 is 5.97 Å². The van der Waals surface area contributed by atoms with Crippen LogP contribution in [-0.4, -0.2) is 25.3 Å². The fourth-order valence-electron chi connectivity index (χ4n) is 3.36. The van der Waals surface area contributed by atoms with Gasteiger partial charge in [0.05, 0.1) is 13.7 Å². The first-order valence-electron chi connectivity index (χ1n) is 9.46. The number of hydrogen-bond donors (Lipinski definition) is 0. The minimum atomic E-state index is -0.993. The molecule has 0 aliphatic carbocycles. The number of fused-ring (bicyclic) bond motifs is 1. The van der Waals surface area contributed by atoms with Crippen molar-refractivity contribution in [1.82, 2.24) is 0 Å². The Morgan fingerprint density at radius 2 is 1.96 bits per heavy atom. The number of benzene rings is 1. The van der Waals surface area contributed by atoms with Crippen LogP contribution in [0.25, 0.3) is 11.1 Å². The van der Waals surface area contributed by atoms with E-state index in [1.807, 2.05) is 19.9 Å². The van der Waals surface area contributed by atoms with Gasteiger partial charge in [0.1, 0.15) is 16.4 Å². The van der Waals surface area contributed by atoms with Gasteiger partial charge < -0.3 is 14.2 Å². The summed E-state index contributed by atoms with van der Waals surface area (Å²) in [5.41, 5.74) is 1.89. The second-order valence-electron chi connectivity index (χ2n) is 7.47. The Morgan fingerprint density at radius 1 is 1.32 bits per heavy atom. The molecule has 0 amide bonds. The van der Waals surface area contributed by atoms with Crippen LogP contribution in [-0.2, 0) is 9.53 Å². The largest absolute Gasteiger partial charge is 0.494 e. The molecule has 1 aliphatic heterocycles. The molecule has 0 fully saturated rings. The lowest BCUT2D eigenvalue weighted by atomic mass is 9.85. The van der Waals surface area contributed by atoms with Crippen LogP contribution in [0, 0.1) is 5.92 Å². The number of carbonyl (C=O) groups excluding carboxylic acids is 1. The summed E-state index contributed by atoms with van der Waals surface area (Å²) in [6.07, 6.45) is 2.31. The predicted molar refractivity (Wildman–Crippen MR) is 110 cm³/mol.